The van der Waals surface area contributed by atoms with Gasteiger partial charge in [-0.15, -0.1) is 0 Å². The Labute approximate surface area is 169 Å². The average Bonchev–Trinajstić information content (AvgIpc) is 2.92. The number of sulfonamides is 1. The van der Waals surface area contributed by atoms with Gasteiger partial charge in [-0.05, 0) is 49.4 Å². The van der Waals surface area contributed by atoms with Crippen molar-refractivity contribution in [2.75, 3.05) is 24.9 Å². The Kier molecular flexibility index (Phi) is 4.95. The normalized spacial score (nSPS) is 15.2. The number of rotatable bonds is 4. The predicted octanol–water partition coefficient (Wildman–Crippen LogP) is 4.51. The Bertz CT molecular complexity index is 1150. The van der Waals surface area contributed by atoms with Crippen LogP contribution < -0.4 is 4.31 Å². The van der Waals surface area contributed by atoms with E-state index in [0.29, 0.717) is 18.0 Å². The standard InChI is InChI=1S/C21H21ClN2O3S/c1-23-12-10-16-18(22)8-9-20-21(16)17(14-23)19(27-20)11-13-28(25,26)24(2)15-6-4-3-5-7-15/h3-9,11,13H,10,12,14H2,1-2H3. The summed E-state index contributed by atoms with van der Waals surface area (Å²) in [6, 6.07) is 12.6. The zero-order valence-electron chi connectivity index (χ0n) is 15.7. The molecule has 4 rings (SSSR count). The van der Waals surface area contributed by atoms with Gasteiger partial charge < -0.3 is 9.32 Å². The Hall–Kier alpha value is -2.28. The van der Waals surface area contributed by atoms with Gasteiger partial charge >= 0.3 is 0 Å². The van der Waals surface area contributed by atoms with E-state index >= 15 is 0 Å². The van der Waals surface area contributed by atoms with Crippen molar-refractivity contribution >= 4 is 44.4 Å². The molecule has 7 heteroatoms. The third kappa shape index (κ3) is 3.43. The molecule has 0 fully saturated rings. The number of furan rings is 1. The highest BCUT2D eigenvalue weighted by Gasteiger charge is 2.23. The monoisotopic (exact) mass is 416 g/mol. The van der Waals surface area contributed by atoms with Gasteiger partial charge in [0.25, 0.3) is 10.0 Å². The molecule has 0 saturated heterocycles. The van der Waals surface area contributed by atoms with Crippen molar-refractivity contribution in [1.82, 2.24) is 4.90 Å². The van der Waals surface area contributed by atoms with Crippen LogP contribution in [0.25, 0.3) is 17.0 Å². The summed E-state index contributed by atoms with van der Waals surface area (Å²) in [5, 5.41) is 2.92. The van der Waals surface area contributed by atoms with Crippen LogP contribution >= 0.6 is 11.6 Å². The maximum Gasteiger partial charge on any atom is 0.257 e. The fourth-order valence-electron chi connectivity index (χ4n) is 3.53. The Balaban J connectivity index is 1.76. The summed E-state index contributed by atoms with van der Waals surface area (Å²) in [4.78, 5) is 2.18. The van der Waals surface area contributed by atoms with Crippen LogP contribution in [-0.2, 0) is 23.0 Å². The van der Waals surface area contributed by atoms with Crippen molar-refractivity contribution in [2.24, 2.45) is 0 Å². The van der Waals surface area contributed by atoms with Gasteiger partial charge in [-0.1, -0.05) is 29.8 Å². The molecule has 146 valence electrons. The molecule has 0 bridgehead atoms. The number of likely N-dealkylation sites (N-methyl/N-ethyl adjacent to an activating group) is 1. The first-order valence-electron chi connectivity index (χ1n) is 9.00. The van der Waals surface area contributed by atoms with Crippen LogP contribution in [0, 0.1) is 0 Å². The molecule has 0 spiro atoms. The van der Waals surface area contributed by atoms with Gasteiger partial charge in [0.1, 0.15) is 11.3 Å². The number of anilines is 1. The van der Waals surface area contributed by atoms with Crippen LogP contribution in [0.4, 0.5) is 5.69 Å². The van der Waals surface area contributed by atoms with E-state index in [1.807, 2.05) is 25.2 Å². The molecule has 1 aliphatic heterocycles. The second-order valence-electron chi connectivity index (χ2n) is 6.98. The third-order valence-electron chi connectivity index (χ3n) is 5.10. The summed E-state index contributed by atoms with van der Waals surface area (Å²) in [5.74, 6) is 0.553. The zero-order valence-corrected chi connectivity index (χ0v) is 17.3. The number of hydrogen-bond donors (Lipinski definition) is 0. The first-order chi connectivity index (χ1) is 13.4. The summed E-state index contributed by atoms with van der Waals surface area (Å²) >= 11 is 6.42. The summed E-state index contributed by atoms with van der Waals surface area (Å²) in [7, 11) is -0.0739. The largest absolute Gasteiger partial charge is 0.456 e. The minimum atomic E-state index is -3.64. The summed E-state index contributed by atoms with van der Waals surface area (Å²) < 4.78 is 32.7. The van der Waals surface area contributed by atoms with Gasteiger partial charge in [0, 0.05) is 36.1 Å². The highest BCUT2D eigenvalue weighted by molar-refractivity contribution is 7.95. The molecule has 0 atom stereocenters. The Morgan fingerprint density at radius 3 is 2.64 bits per heavy atom. The molecular weight excluding hydrogens is 396 g/mol. The highest BCUT2D eigenvalue weighted by atomic mass is 35.5. The average molecular weight is 417 g/mol. The van der Waals surface area contributed by atoms with Gasteiger partial charge in [-0.25, -0.2) is 8.42 Å². The van der Waals surface area contributed by atoms with Crippen molar-refractivity contribution in [3.05, 3.63) is 69.8 Å². The minimum absolute atomic E-state index is 0.553. The number of benzene rings is 2. The number of hydrogen-bond acceptors (Lipinski definition) is 4. The fraction of sp³-hybridized carbons (Fsp3) is 0.238. The molecule has 2 heterocycles. The molecule has 2 aromatic carbocycles. The molecular formula is C21H21ClN2O3S. The molecule has 0 saturated carbocycles. The van der Waals surface area contributed by atoms with E-state index < -0.39 is 10.0 Å². The molecule has 0 amide bonds. The number of para-hydroxylation sites is 1. The van der Waals surface area contributed by atoms with Crippen LogP contribution in [0.3, 0.4) is 0 Å². The van der Waals surface area contributed by atoms with Crippen molar-refractivity contribution in [1.29, 1.82) is 0 Å². The van der Waals surface area contributed by atoms with Gasteiger partial charge in [0.2, 0.25) is 0 Å². The van der Waals surface area contributed by atoms with E-state index in [9.17, 15) is 8.42 Å². The molecule has 0 N–H and O–H groups in total. The van der Waals surface area contributed by atoms with E-state index in [2.05, 4.69) is 4.90 Å². The first-order valence-corrected chi connectivity index (χ1v) is 10.9. The van der Waals surface area contributed by atoms with Crippen LogP contribution in [0.1, 0.15) is 16.9 Å². The molecule has 1 aliphatic rings. The molecule has 0 radical (unpaired) electrons. The van der Waals surface area contributed by atoms with Gasteiger partial charge in [-0.2, -0.15) is 0 Å². The smallest absolute Gasteiger partial charge is 0.257 e. The van der Waals surface area contributed by atoms with E-state index in [-0.39, 0.29) is 0 Å². The lowest BCUT2D eigenvalue weighted by Crippen LogP contribution is -2.24. The minimum Gasteiger partial charge on any atom is -0.456 e. The SMILES string of the molecule is CN1CCc2c(Cl)ccc3oc(C=CS(=O)(=O)N(C)c4ccccc4)c(c23)C1. The molecule has 0 unspecified atom stereocenters. The maximum atomic E-state index is 12.8. The first kappa shape index (κ1) is 19.1. The Morgan fingerprint density at radius 2 is 1.89 bits per heavy atom. The van der Waals surface area contributed by atoms with Gasteiger partial charge in [0.15, 0.2) is 0 Å². The lowest BCUT2D eigenvalue weighted by molar-refractivity contribution is 0.334. The van der Waals surface area contributed by atoms with Crippen LogP contribution in [0.5, 0.6) is 0 Å². The molecule has 0 aliphatic carbocycles. The maximum absolute atomic E-state index is 12.8. The lowest BCUT2D eigenvalue weighted by Gasteiger charge is -2.16. The third-order valence-corrected chi connectivity index (χ3v) is 6.91. The second kappa shape index (κ2) is 7.28. The van der Waals surface area contributed by atoms with E-state index in [1.165, 1.54) is 16.8 Å². The zero-order chi connectivity index (χ0) is 19.9. The highest BCUT2D eigenvalue weighted by Crippen LogP contribution is 2.36. The fourth-order valence-corrected chi connectivity index (χ4v) is 4.68. The van der Waals surface area contributed by atoms with Crippen molar-refractivity contribution < 1.29 is 12.8 Å². The number of halogens is 1. The topological polar surface area (TPSA) is 53.8 Å². The van der Waals surface area contributed by atoms with Crippen molar-refractivity contribution in [2.45, 2.75) is 13.0 Å². The van der Waals surface area contributed by atoms with Crippen LogP contribution in [0.15, 0.2) is 52.3 Å². The van der Waals surface area contributed by atoms with E-state index in [4.69, 9.17) is 16.0 Å². The second-order valence-corrected chi connectivity index (χ2v) is 9.24. The molecule has 3 aromatic rings. The quantitative estimate of drug-likeness (QED) is 0.627. The molecule has 28 heavy (non-hydrogen) atoms. The molecule has 1 aromatic heterocycles. The lowest BCUT2D eigenvalue weighted by atomic mass is 10.0. The van der Waals surface area contributed by atoms with E-state index in [0.717, 1.165) is 40.1 Å². The summed E-state index contributed by atoms with van der Waals surface area (Å²) in [5.41, 5.74) is 3.37. The van der Waals surface area contributed by atoms with Crippen molar-refractivity contribution in [3.63, 3.8) is 0 Å². The summed E-state index contributed by atoms with van der Waals surface area (Å²) in [6.45, 7) is 1.56. The van der Waals surface area contributed by atoms with Crippen LogP contribution in [-0.4, -0.2) is 34.0 Å². The van der Waals surface area contributed by atoms with E-state index in [1.54, 1.807) is 30.3 Å². The molecule has 5 nitrogen and oxygen atoms in total. The summed E-state index contributed by atoms with van der Waals surface area (Å²) in [6.07, 6.45) is 2.37. The van der Waals surface area contributed by atoms with Gasteiger partial charge in [0.05, 0.1) is 11.1 Å². The Morgan fingerprint density at radius 1 is 1.14 bits per heavy atom. The van der Waals surface area contributed by atoms with Crippen LogP contribution in [0.2, 0.25) is 5.02 Å². The van der Waals surface area contributed by atoms with Gasteiger partial charge in [-0.3, -0.25) is 4.31 Å². The predicted molar refractivity (Wildman–Crippen MR) is 114 cm³/mol. The van der Waals surface area contributed by atoms with Crippen molar-refractivity contribution in [3.8, 4) is 0 Å². The number of nitrogens with zero attached hydrogens (tertiary/aromatic N) is 2.